The molecule has 3 fully saturated rings. The van der Waals surface area contributed by atoms with Crippen LogP contribution in [0.1, 0.15) is 44.9 Å². The molecule has 96 valence electrons. The number of hydrogen-bond donors (Lipinski definition) is 2. The van der Waals surface area contributed by atoms with Crippen molar-refractivity contribution in [2.75, 3.05) is 0 Å². The highest BCUT2D eigenvalue weighted by molar-refractivity contribution is 5.79. The number of carbonyl (C=O) groups excluding carboxylic acids is 1. The van der Waals surface area contributed by atoms with Crippen LogP contribution >= 0.6 is 0 Å². The van der Waals surface area contributed by atoms with Crippen molar-refractivity contribution in [1.82, 2.24) is 5.32 Å². The van der Waals surface area contributed by atoms with Crippen LogP contribution in [-0.4, -0.2) is 30.2 Å². The van der Waals surface area contributed by atoms with Crippen LogP contribution in [0.4, 0.5) is 0 Å². The summed E-state index contributed by atoms with van der Waals surface area (Å²) < 4.78 is 5.75. The highest BCUT2D eigenvalue weighted by Gasteiger charge is 2.42. The molecule has 5 atom stereocenters. The van der Waals surface area contributed by atoms with Crippen LogP contribution < -0.4 is 11.1 Å². The van der Waals surface area contributed by atoms with E-state index >= 15 is 0 Å². The van der Waals surface area contributed by atoms with Gasteiger partial charge in [-0.3, -0.25) is 4.79 Å². The number of rotatable bonds is 2. The molecule has 0 aromatic rings. The second-order valence-corrected chi connectivity index (χ2v) is 5.85. The van der Waals surface area contributed by atoms with Crippen LogP contribution in [0.25, 0.3) is 0 Å². The standard InChI is InChI=1S/C13H22N2O2/c14-9-3-1-2-8(6-9)13(16)15-11-7-10-4-5-12(11)17-10/h8-12H,1-7,14H2,(H,15,16). The van der Waals surface area contributed by atoms with Crippen molar-refractivity contribution < 1.29 is 9.53 Å². The lowest BCUT2D eigenvalue weighted by Crippen LogP contribution is -2.46. The summed E-state index contributed by atoms with van der Waals surface area (Å²) in [4.78, 5) is 12.2. The van der Waals surface area contributed by atoms with E-state index in [2.05, 4.69) is 5.32 Å². The van der Waals surface area contributed by atoms with Crippen molar-refractivity contribution in [1.29, 1.82) is 0 Å². The zero-order valence-corrected chi connectivity index (χ0v) is 10.2. The molecule has 0 radical (unpaired) electrons. The number of hydrogen-bond acceptors (Lipinski definition) is 3. The lowest BCUT2D eigenvalue weighted by Gasteiger charge is -2.28. The molecule has 17 heavy (non-hydrogen) atoms. The Labute approximate surface area is 102 Å². The number of fused-ring (bicyclic) bond motifs is 2. The molecule has 0 aromatic heterocycles. The third-order valence-electron chi connectivity index (χ3n) is 4.52. The van der Waals surface area contributed by atoms with Crippen molar-refractivity contribution in [3.63, 3.8) is 0 Å². The fraction of sp³-hybridized carbons (Fsp3) is 0.923. The summed E-state index contributed by atoms with van der Waals surface area (Å²) in [5, 5.41) is 3.18. The molecule has 5 unspecified atom stereocenters. The Morgan fingerprint density at radius 3 is 2.71 bits per heavy atom. The summed E-state index contributed by atoms with van der Waals surface area (Å²) >= 11 is 0. The number of ether oxygens (including phenoxy) is 1. The van der Waals surface area contributed by atoms with Gasteiger partial charge < -0.3 is 15.8 Å². The van der Waals surface area contributed by atoms with Gasteiger partial charge in [-0.1, -0.05) is 6.42 Å². The van der Waals surface area contributed by atoms with E-state index in [-0.39, 0.29) is 30.0 Å². The monoisotopic (exact) mass is 238 g/mol. The molecular weight excluding hydrogens is 216 g/mol. The van der Waals surface area contributed by atoms with Gasteiger partial charge in [-0.05, 0) is 38.5 Å². The summed E-state index contributed by atoms with van der Waals surface area (Å²) in [6.45, 7) is 0. The van der Waals surface area contributed by atoms with E-state index in [0.29, 0.717) is 6.10 Å². The first kappa shape index (κ1) is 11.5. The molecule has 4 nitrogen and oxygen atoms in total. The lowest BCUT2D eigenvalue weighted by molar-refractivity contribution is -0.127. The van der Waals surface area contributed by atoms with Gasteiger partial charge in [0.15, 0.2) is 0 Å². The summed E-state index contributed by atoms with van der Waals surface area (Å²) in [6, 6.07) is 0.482. The number of nitrogens with one attached hydrogen (secondary N) is 1. The van der Waals surface area contributed by atoms with E-state index in [1.54, 1.807) is 0 Å². The van der Waals surface area contributed by atoms with Crippen LogP contribution in [0, 0.1) is 5.92 Å². The summed E-state index contributed by atoms with van der Waals surface area (Å²) in [6.07, 6.45) is 7.99. The SMILES string of the molecule is NC1CCCC(C(=O)NC2CC3CCC2O3)C1. The predicted molar refractivity (Wildman–Crippen MR) is 64.4 cm³/mol. The van der Waals surface area contributed by atoms with Gasteiger partial charge in [0.2, 0.25) is 5.91 Å². The summed E-state index contributed by atoms with van der Waals surface area (Å²) in [7, 11) is 0. The van der Waals surface area contributed by atoms with E-state index in [0.717, 1.165) is 38.5 Å². The molecule has 2 saturated heterocycles. The molecule has 1 amide bonds. The Morgan fingerprint density at radius 1 is 1.18 bits per heavy atom. The first-order chi connectivity index (χ1) is 8.22. The summed E-state index contributed by atoms with van der Waals surface area (Å²) in [5.74, 6) is 0.346. The maximum atomic E-state index is 12.2. The van der Waals surface area contributed by atoms with Gasteiger partial charge >= 0.3 is 0 Å². The second-order valence-electron chi connectivity index (χ2n) is 5.85. The van der Waals surface area contributed by atoms with E-state index < -0.39 is 0 Å². The van der Waals surface area contributed by atoms with Gasteiger partial charge in [0, 0.05) is 12.0 Å². The number of nitrogens with two attached hydrogens (primary N) is 1. The highest BCUT2D eigenvalue weighted by Crippen LogP contribution is 2.34. The van der Waals surface area contributed by atoms with Gasteiger partial charge in [-0.25, -0.2) is 0 Å². The molecule has 1 aliphatic carbocycles. The minimum atomic E-state index is 0.137. The van der Waals surface area contributed by atoms with Crippen LogP contribution in [0.5, 0.6) is 0 Å². The van der Waals surface area contributed by atoms with Crippen molar-refractivity contribution >= 4 is 5.91 Å². The molecule has 0 spiro atoms. The summed E-state index contributed by atoms with van der Waals surface area (Å²) in [5.41, 5.74) is 5.93. The first-order valence-electron chi connectivity index (χ1n) is 6.94. The fourth-order valence-corrected chi connectivity index (χ4v) is 3.56. The third-order valence-corrected chi connectivity index (χ3v) is 4.52. The second kappa shape index (κ2) is 4.58. The first-order valence-corrected chi connectivity index (χ1v) is 6.94. The molecule has 1 saturated carbocycles. The smallest absolute Gasteiger partial charge is 0.223 e. The van der Waals surface area contributed by atoms with E-state index in [9.17, 15) is 4.79 Å². The lowest BCUT2D eigenvalue weighted by atomic mass is 9.85. The number of amides is 1. The Morgan fingerprint density at radius 2 is 2.06 bits per heavy atom. The minimum absolute atomic E-state index is 0.137. The van der Waals surface area contributed by atoms with Crippen molar-refractivity contribution in [3.8, 4) is 0 Å². The van der Waals surface area contributed by atoms with Gasteiger partial charge in [0.1, 0.15) is 0 Å². The molecule has 0 aromatic carbocycles. The van der Waals surface area contributed by atoms with Crippen molar-refractivity contribution in [3.05, 3.63) is 0 Å². The predicted octanol–water partition coefficient (Wildman–Crippen LogP) is 0.940. The zero-order valence-electron chi connectivity index (χ0n) is 10.2. The van der Waals surface area contributed by atoms with E-state index in [1.165, 1.54) is 6.42 Å². The Kier molecular flexibility index (Phi) is 3.09. The average molecular weight is 238 g/mol. The molecule has 3 rings (SSSR count). The quantitative estimate of drug-likeness (QED) is 0.752. The van der Waals surface area contributed by atoms with Gasteiger partial charge in [-0.15, -0.1) is 0 Å². The number of carbonyl (C=O) groups is 1. The fourth-order valence-electron chi connectivity index (χ4n) is 3.56. The van der Waals surface area contributed by atoms with Crippen LogP contribution in [0.2, 0.25) is 0 Å². The molecule has 2 aliphatic heterocycles. The molecule has 2 heterocycles. The zero-order chi connectivity index (χ0) is 11.8. The van der Waals surface area contributed by atoms with Gasteiger partial charge in [0.25, 0.3) is 0 Å². The van der Waals surface area contributed by atoms with Crippen LogP contribution in [0.3, 0.4) is 0 Å². The molecule has 2 bridgehead atoms. The molecule has 3 aliphatic rings. The Hall–Kier alpha value is -0.610. The molecular formula is C13H22N2O2. The van der Waals surface area contributed by atoms with Gasteiger partial charge in [-0.2, -0.15) is 0 Å². The highest BCUT2D eigenvalue weighted by atomic mass is 16.5. The average Bonchev–Trinajstić information content (AvgIpc) is 2.91. The maximum absolute atomic E-state index is 12.2. The molecule has 4 heteroatoms. The van der Waals surface area contributed by atoms with E-state index in [1.807, 2.05) is 0 Å². The van der Waals surface area contributed by atoms with Crippen molar-refractivity contribution in [2.45, 2.75) is 69.2 Å². The van der Waals surface area contributed by atoms with E-state index in [4.69, 9.17) is 10.5 Å². The third kappa shape index (κ3) is 2.33. The largest absolute Gasteiger partial charge is 0.373 e. The maximum Gasteiger partial charge on any atom is 0.223 e. The van der Waals surface area contributed by atoms with Gasteiger partial charge in [0.05, 0.1) is 18.2 Å². The molecule has 3 N–H and O–H groups in total. The minimum Gasteiger partial charge on any atom is -0.373 e. The Balaban J connectivity index is 1.53. The normalized spacial score (nSPS) is 44.9. The van der Waals surface area contributed by atoms with Crippen LogP contribution in [0.15, 0.2) is 0 Å². The Bertz CT molecular complexity index is 308. The van der Waals surface area contributed by atoms with Crippen molar-refractivity contribution in [2.24, 2.45) is 11.7 Å². The topological polar surface area (TPSA) is 64.4 Å². The van der Waals surface area contributed by atoms with Crippen LogP contribution in [-0.2, 0) is 9.53 Å².